The summed E-state index contributed by atoms with van der Waals surface area (Å²) in [7, 11) is 0. The molecule has 2 aromatic carbocycles. The minimum atomic E-state index is 0.882. The summed E-state index contributed by atoms with van der Waals surface area (Å²) in [4.78, 5) is 0. The summed E-state index contributed by atoms with van der Waals surface area (Å²) < 4.78 is 4.36. The Balaban J connectivity index is 1.26. The second-order valence-electron chi connectivity index (χ2n) is 7.00. The molecule has 0 amide bonds. The lowest BCUT2D eigenvalue weighted by atomic mass is 10.2. The largest absolute Gasteiger partial charge is 0.385 e. The topological polar surface area (TPSA) is 61.9 Å². The van der Waals surface area contributed by atoms with Crippen LogP contribution in [0.2, 0.25) is 0 Å². The van der Waals surface area contributed by atoms with Gasteiger partial charge in [0.1, 0.15) is 11.6 Å². The number of benzene rings is 2. The lowest BCUT2D eigenvalue weighted by Crippen LogP contribution is -2.03. The van der Waals surface area contributed by atoms with Crippen LogP contribution >= 0.6 is 0 Å². The average molecular weight is 346 g/mol. The molecular formula is C22H26N4. The van der Waals surface area contributed by atoms with Crippen LogP contribution < -0.4 is 11.5 Å². The molecule has 0 fully saturated rings. The Labute approximate surface area is 154 Å². The van der Waals surface area contributed by atoms with Gasteiger partial charge in [-0.05, 0) is 12.8 Å². The van der Waals surface area contributed by atoms with Crippen molar-refractivity contribution in [2.45, 2.75) is 38.8 Å². The van der Waals surface area contributed by atoms with Crippen molar-refractivity contribution in [1.29, 1.82) is 0 Å². The molecule has 2 aromatic heterocycles. The number of unbranched alkanes of at least 4 members (excludes halogenated alkanes) is 3. The molecule has 4 aromatic rings. The molecule has 0 spiro atoms. The van der Waals surface area contributed by atoms with Gasteiger partial charge in [-0.25, -0.2) is 0 Å². The van der Waals surface area contributed by atoms with Crippen LogP contribution in [0.25, 0.3) is 21.5 Å². The van der Waals surface area contributed by atoms with E-state index in [1.165, 1.54) is 23.6 Å². The molecule has 4 rings (SSSR count). The fourth-order valence-electron chi connectivity index (χ4n) is 3.76. The van der Waals surface area contributed by atoms with E-state index in [1.54, 1.807) is 0 Å². The number of fused-ring (bicyclic) bond motifs is 2. The predicted octanol–water partition coefficient (Wildman–Crippen LogP) is 5.02. The molecule has 4 heteroatoms. The van der Waals surface area contributed by atoms with Gasteiger partial charge >= 0.3 is 0 Å². The SMILES string of the molecule is Nc1c2ccccc2cn1CCCCCCn1cc2ccccc2c1N. The number of hydrogen-bond acceptors (Lipinski definition) is 2. The first-order valence-corrected chi connectivity index (χ1v) is 9.41. The fourth-order valence-corrected chi connectivity index (χ4v) is 3.76. The van der Waals surface area contributed by atoms with Crippen molar-refractivity contribution in [3.8, 4) is 0 Å². The lowest BCUT2D eigenvalue weighted by molar-refractivity contribution is 0.546. The minimum Gasteiger partial charge on any atom is -0.385 e. The highest BCUT2D eigenvalue weighted by Crippen LogP contribution is 2.25. The normalized spacial score (nSPS) is 11.5. The Morgan fingerprint density at radius 1 is 0.577 bits per heavy atom. The molecule has 0 unspecified atom stereocenters. The number of nitrogens with zero attached hydrogens (tertiary/aromatic N) is 2. The minimum absolute atomic E-state index is 0.882. The number of aromatic nitrogens is 2. The third-order valence-electron chi connectivity index (χ3n) is 5.23. The molecule has 0 aliphatic heterocycles. The summed E-state index contributed by atoms with van der Waals surface area (Å²) in [5, 5.41) is 4.76. The second-order valence-corrected chi connectivity index (χ2v) is 7.00. The molecular weight excluding hydrogens is 320 g/mol. The first-order chi connectivity index (χ1) is 12.7. The van der Waals surface area contributed by atoms with E-state index in [-0.39, 0.29) is 0 Å². The summed E-state index contributed by atoms with van der Waals surface area (Å²) in [5.41, 5.74) is 12.5. The number of anilines is 2. The molecule has 0 saturated carbocycles. The van der Waals surface area contributed by atoms with Crippen molar-refractivity contribution in [2.24, 2.45) is 0 Å². The van der Waals surface area contributed by atoms with Crippen LogP contribution in [-0.2, 0) is 13.1 Å². The highest BCUT2D eigenvalue weighted by atomic mass is 15.0. The van der Waals surface area contributed by atoms with Crippen LogP contribution in [0.3, 0.4) is 0 Å². The van der Waals surface area contributed by atoms with Crippen molar-refractivity contribution in [3.05, 3.63) is 60.9 Å². The molecule has 0 radical (unpaired) electrons. The van der Waals surface area contributed by atoms with E-state index in [1.807, 2.05) is 12.1 Å². The third-order valence-corrected chi connectivity index (χ3v) is 5.23. The number of aryl methyl sites for hydroxylation is 2. The predicted molar refractivity (Wildman–Crippen MR) is 111 cm³/mol. The lowest BCUT2D eigenvalue weighted by Gasteiger charge is -2.07. The molecule has 26 heavy (non-hydrogen) atoms. The van der Waals surface area contributed by atoms with Crippen LogP contribution in [0.15, 0.2) is 60.9 Å². The van der Waals surface area contributed by atoms with Crippen LogP contribution in [0.1, 0.15) is 25.7 Å². The highest BCUT2D eigenvalue weighted by molar-refractivity contribution is 5.93. The molecule has 0 aliphatic carbocycles. The Morgan fingerprint density at radius 3 is 1.42 bits per heavy atom. The van der Waals surface area contributed by atoms with Crippen molar-refractivity contribution in [3.63, 3.8) is 0 Å². The maximum absolute atomic E-state index is 6.26. The summed E-state index contributed by atoms with van der Waals surface area (Å²) in [6.07, 6.45) is 9.03. The number of nitrogen functional groups attached to an aromatic ring is 2. The Morgan fingerprint density at radius 2 is 1.00 bits per heavy atom. The summed E-state index contributed by atoms with van der Waals surface area (Å²) >= 11 is 0. The van der Waals surface area contributed by atoms with E-state index in [2.05, 4.69) is 57.9 Å². The monoisotopic (exact) mass is 346 g/mol. The fraction of sp³-hybridized carbons (Fsp3) is 0.273. The van der Waals surface area contributed by atoms with Crippen molar-refractivity contribution >= 4 is 33.2 Å². The van der Waals surface area contributed by atoms with E-state index < -0.39 is 0 Å². The van der Waals surface area contributed by atoms with Crippen LogP contribution in [-0.4, -0.2) is 9.13 Å². The van der Waals surface area contributed by atoms with E-state index >= 15 is 0 Å². The van der Waals surface area contributed by atoms with Crippen LogP contribution in [0.5, 0.6) is 0 Å². The summed E-state index contributed by atoms with van der Waals surface area (Å²) in [5.74, 6) is 1.76. The van der Waals surface area contributed by atoms with Gasteiger partial charge in [0.25, 0.3) is 0 Å². The van der Waals surface area contributed by atoms with Gasteiger partial charge in [-0.15, -0.1) is 0 Å². The molecule has 4 N–H and O–H groups in total. The van der Waals surface area contributed by atoms with Crippen molar-refractivity contribution in [2.75, 3.05) is 11.5 Å². The Bertz CT molecular complexity index is 941. The van der Waals surface area contributed by atoms with Gasteiger partial charge in [-0.2, -0.15) is 0 Å². The van der Waals surface area contributed by atoms with E-state index in [4.69, 9.17) is 11.5 Å². The van der Waals surface area contributed by atoms with Gasteiger partial charge in [0.2, 0.25) is 0 Å². The van der Waals surface area contributed by atoms with Gasteiger partial charge in [-0.1, -0.05) is 61.4 Å². The van der Waals surface area contributed by atoms with Gasteiger partial charge in [0.05, 0.1) is 0 Å². The zero-order valence-electron chi connectivity index (χ0n) is 15.1. The number of rotatable bonds is 7. The van der Waals surface area contributed by atoms with Crippen LogP contribution in [0, 0.1) is 0 Å². The highest BCUT2D eigenvalue weighted by Gasteiger charge is 2.06. The maximum atomic E-state index is 6.26. The standard InChI is InChI=1S/C22H26N4/c23-21-19-11-5-3-9-17(19)15-25(21)13-7-1-2-8-14-26-16-18-10-4-6-12-20(18)22(26)24/h3-6,9-12,15-16H,1-2,7-8,13-14,23-24H2. The molecule has 4 nitrogen and oxygen atoms in total. The Hall–Kier alpha value is -2.88. The zero-order valence-corrected chi connectivity index (χ0v) is 15.1. The number of nitrogens with two attached hydrogens (primary N) is 2. The molecule has 2 heterocycles. The van der Waals surface area contributed by atoms with E-state index in [0.29, 0.717) is 0 Å². The third kappa shape index (κ3) is 3.15. The molecule has 0 bridgehead atoms. The Kier molecular flexibility index (Phi) is 4.57. The van der Waals surface area contributed by atoms with Gasteiger partial charge in [-0.3, -0.25) is 0 Å². The molecule has 0 saturated heterocycles. The maximum Gasteiger partial charge on any atom is 0.111 e. The molecule has 134 valence electrons. The zero-order chi connectivity index (χ0) is 17.9. The summed E-state index contributed by atoms with van der Waals surface area (Å²) in [6, 6.07) is 16.6. The molecule has 0 aliphatic rings. The number of hydrogen-bond donors (Lipinski definition) is 2. The van der Waals surface area contributed by atoms with E-state index in [0.717, 1.165) is 48.3 Å². The smallest absolute Gasteiger partial charge is 0.111 e. The summed E-state index contributed by atoms with van der Waals surface area (Å²) in [6.45, 7) is 1.96. The van der Waals surface area contributed by atoms with Gasteiger partial charge in [0, 0.05) is 47.0 Å². The quantitative estimate of drug-likeness (QED) is 0.461. The van der Waals surface area contributed by atoms with Gasteiger partial charge in [0.15, 0.2) is 0 Å². The second kappa shape index (κ2) is 7.16. The van der Waals surface area contributed by atoms with E-state index in [9.17, 15) is 0 Å². The molecule has 0 atom stereocenters. The average Bonchev–Trinajstić information content (AvgIpc) is 3.16. The first kappa shape index (κ1) is 16.6. The van der Waals surface area contributed by atoms with Crippen molar-refractivity contribution < 1.29 is 0 Å². The van der Waals surface area contributed by atoms with Gasteiger partial charge < -0.3 is 20.6 Å². The van der Waals surface area contributed by atoms with Crippen LogP contribution in [0.4, 0.5) is 11.6 Å². The first-order valence-electron chi connectivity index (χ1n) is 9.41. The van der Waals surface area contributed by atoms with Crippen molar-refractivity contribution in [1.82, 2.24) is 9.13 Å².